The second kappa shape index (κ2) is 10.1. The van der Waals surface area contributed by atoms with Crippen LogP contribution in [0.4, 0.5) is 15.3 Å². The van der Waals surface area contributed by atoms with E-state index in [4.69, 9.17) is 0 Å². The quantitative estimate of drug-likeness (QED) is 0.592. The van der Waals surface area contributed by atoms with Gasteiger partial charge in [-0.3, -0.25) is 10.2 Å². The van der Waals surface area contributed by atoms with E-state index in [9.17, 15) is 14.4 Å². The van der Waals surface area contributed by atoms with Crippen LogP contribution in [0.1, 0.15) is 26.3 Å². The highest BCUT2D eigenvalue weighted by Crippen LogP contribution is 2.14. The molecule has 0 aliphatic carbocycles. The third kappa shape index (κ3) is 6.15. The van der Waals surface area contributed by atoms with E-state index in [-0.39, 0.29) is 12.6 Å². The maximum atomic E-state index is 11.8. The van der Waals surface area contributed by atoms with Crippen molar-refractivity contribution in [2.75, 3.05) is 25.0 Å². The van der Waals surface area contributed by atoms with E-state index < -0.39 is 11.9 Å². The zero-order chi connectivity index (χ0) is 17.9. The van der Waals surface area contributed by atoms with Gasteiger partial charge in [-0.15, -0.1) is 0 Å². The first-order valence-corrected chi connectivity index (χ1v) is 7.98. The fraction of sp³-hybridized carbons (Fsp3) is 0.438. The number of urea groups is 2. The lowest BCUT2D eigenvalue weighted by Crippen LogP contribution is -2.49. The summed E-state index contributed by atoms with van der Waals surface area (Å²) in [4.78, 5) is 36.7. The van der Waals surface area contributed by atoms with Gasteiger partial charge in [-0.05, 0) is 31.9 Å². The van der Waals surface area contributed by atoms with Crippen LogP contribution in [-0.2, 0) is 11.2 Å². The first-order chi connectivity index (χ1) is 11.5. The summed E-state index contributed by atoms with van der Waals surface area (Å²) >= 11 is 0. The van der Waals surface area contributed by atoms with Gasteiger partial charge < -0.3 is 15.5 Å². The molecule has 0 spiro atoms. The van der Waals surface area contributed by atoms with Gasteiger partial charge in [0, 0.05) is 18.8 Å². The molecule has 1 rings (SSSR count). The number of amides is 5. The first kappa shape index (κ1) is 19.3. The number of hydrogen-bond acceptors (Lipinski definition) is 3. The number of rotatable bonds is 6. The van der Waals surface area contributed by atoms with Crippen LogP contribution in [0.3, 0.4) is 0 Å². The summed E-state index contributed by atoms with van der Waals surface area (Å²) in [6.07, 6.45) is 0.778. The summed E-state index contributed by atoms with van der Waals surface area (Å²) in [5, 5.41) is 5.14. The van der Waals surface area contributed by atoms with Crippen molar-refractivity contribution < 1.29 is 14.4 Å². The summed E-state index contributed by atoms with van der Waals surface area (Å²) in [5.41, 5.74) is 6.16. The molecule has 1 aromatic carbocycles. The molecular weight excluding hydrogens is 310 g/mol. The highest BCUT2D eigenvalue weighted by atomic mass is 16.2. The van der Waals surface area contributed by atoms with Crippen molar-refractivity contribution in [1.82, 2.24) is 21.1 Å². The number of aryl methyl sites for hydroxylation is 1. The normalized spacial score (nSPS) is 9.79. The van der Waals surface area contributed by atoms with Gasteiger partial charge in [-0.1, -0.05) is 25.1 Å². The Labute approximate surface area is 141 Å². The van der Waals surface area contributed by atoms with Crippen molar-refractivity contribution in [2.45, 2.75) is 27.2 Å². The predicted octanol–water partition coefficient (Wildman–Crippen LogP) is 1.45. The van der Waals surface area contributed by atoms with Crippen LogP contribution in [0.15, 0.2) is 24.3 Å². The standard InChI is InChI=1S/C16H25N5O3/c1-4-12-9-7-8-10-13(12)18-15(23)20-19-14(22)11-17-16(24)21(5-2)6-3/h7-10H,4-6,11H2,1-3H3,(H,17,24)(H,19,22)(H2,18,20,23). The molecule has 132 valence electrons. The van der Waals surface area contributed by atoms with Crippen molar-refractivity contribution in [3.63, 3.8) is 0 Å². The molecule has 1 aromatic rings. The molecule has 0 saturated carbocycles. The lowest BCUT2D eigenvalue weighted by Gasteiger charge is -2.19. The Morgan fingerprint density at radius 2 is 1.67 bits per heavy atom. The van der Waals surface area contributed by atoms with Crippen molar-refractivity contribution >= 4 is 23.7 Å². The molecular formula is C16H25N5O3. The SMILES string of the molecule is CCc1ccccc1NC(=O)NNC(=O)CNC(=O)N(CC)CC. The Morgan fingerprint density at radius 3 is 2.29 bits per heavy atom. The van der Waals surface area contributed by atoms with E-state index in [0.717, 1.165) is 12.0 Å². The molecule has 0 fully saturated rings. The molecule has 24 heavy (non-hydrogen) atoms. The number of nitrogens with one attached hydrogen (secondary N) is 4. The van der Waals surface area contributed by atoms with Gasteiger partial charge in [-0.25, -0.2) is 15.0 Å². The lowest BCUT2D eigenvalue weighted by molar-refractivity contribution is -0.120. The fourth-order valence-corrected chi connectivity index (χ4v) is 2.05. The highest BCUT2D eigenvalue weighted by Gasteiger charge is 2.11. The van der Waals surface area contributed by atoms with E-state index in [0.29, 0.717) is 18.8 Å². The van der Waals surface area contributed by atoms with E-state index >= 15 is 0 Å². The third-order valence-corrected chi connectivity index (χ3v) is 3.41. The van der Waals surface area contributed by atoms with Crippen LogP contribution in [0.25, 0.3) is 0 Å². The van der Waals surface area contributed by atoms with Gasteiger partial charge >= 0.3 is 12.1 Å². The molecule has 5 amide bonds. The summed E-state index contributed by atoms with van der Waals surface area (Å²) in [5.74, 6) is -0.519. The Hall–Kier alpha value is -2.77. The second-order valence-electron chi connectivity index (χ2n) is 4.97. The molecule has 0 radical (unpaired) electrons. The van der Waals surface area contributed by atoms with Crippen LogP contribution in [0, 0.1) is 0 Å². The molecule has 0 aromatic heterocycles. The maximum absolute atomic E-state index is 11.8. The van der Waals surface area contributed by atoms with Crippen molar-refractivity contribution in [3.05, 3.63) is 29.8 Å². The Kier molecular flexibility index (Phi) is 8.10. The average Bonchev–Trinajstić information content (AvgIpc) is 2.59. The van der Waals surface area contributed by atoms with Crippen LogP contribution in [0.5, 0.6) is 0 Å². The molecule has 0 aliphatic rings. The van der Waals surface area contributed by atoms with Crippen molar-refractivity contribution in [1.29, 1.82) is 0 Å². The first-order valence-electron chi connectivity index (χ1n) is 7.98. The summed E-state index contributed by atoms with van der Waals surface area (Å²) < 4.78 is 0. The number of anilines is 1. The minimum Gasteiger partial charge on any atom is -0.329 e. The molecule has 8 nitrogen and oxygen atoms in total. The van der Waals surface area contributed by atoms with E-state index in [2.05, 4.69) is 21.5 Å². The second-order valence-corrected chi connectivity index (χ2v) is 4.97. The number of para-hydroxylation sites is 1. The fourth-order valence-electron chi connectivity index (χ4n) is 2.05. The third-order valence-electron chi connectivity index (χ3n) is 3.41. The Balaban J connectivity index is 2.36. The molecule has 0 bridgehead atoms. The number of hydrazine groups is 1. The van der Waals surface area contributed by atoms with Crippen LogP contribution in [-0.4, -0.2) is 42.5 Å². The predicted molar refractivity (Wildman–Crippen MR) is 92.4 cm³/mol. The zero-order valence-electron chi connectivity index (χ0n) is 14.3. The molecule has 0 saturated heterocycles. The molecule has 0 aliphatic heterocycles. The van der Waals surface area contributed by atoms with Gasteiger partial charge in [-0.2, -0.15) is 0 Å². The average molecular weight is 335 g/mol. The van der Waals surface area contributed by atoms with Crippen molar-refractivity contribution in [2.24, 2.45) is 0 Å². The van der Waals surface area contributed by atoms with Gasteiger partial charge in [0.25, 0.3) is 5.91 Å². The van der Waals surface area contributed by atoms with Crippen LogP contribution < -0.4 is 21.5 Å². The number of carbonyl (C=O) groups excluding carboxylic acids is 3. The van der Waals surface area contributed by atoms with Gasteiger partial charge in [0.05, 0.1) is 0 Å². The molecule has 0 unspecified atom stereocenters. The van der Waals surface area contributed by atoms with E-state index in [1.807, 2.05) is 39.0 Å². The van der Waals surface area contributed by atoms with Crippen LogP contribution in [0.2, 0.25) is 0 Å². The number of benzene rings is 1. The maximum Gasteiger partial charge on any atom is 0.337 e. The highest BCUT2D eigenvalue weighted by molar-refractivity contribution is 5.92. The molecule has 0 heterocycles. The van der Waals surface area contributed by atoms with Gasteiger partial charge in [0.1, 0.15) is 6.54 Å². The van der Waals surface area contributed by atoms with Crippen LogP contribution >= 0.6 is 0 Å². The number of hydrogen-bond donors (Lipinski definition) is 4. The number of carbonyl (C=O) groups is 3. The smallest absolute Gasteiger partial charge is 0.329 e. The van der Waals surface area contributed by atoms with Gasteiger partial charge in [0.15, 0.2) is 0 Å². The largest absolute Gasteiger partial charge is 0.337 e. The summed E-state index contributed by atoms with van der Waals surface area (Å²) in [6, 6.07) is 6.52. The Bertz CT molecular complexity index is 573. The monoisotopic (exact) mass is 335 g/mol. The minimum atomic E-state index is -0.556. The zero-order valence-corrected chi connectivity index (χ0v) is 14.3. The lowest BCUT2D eigenvalue weighted by atomic mass is 10.1. The van der Waals surface area contributed by atoms with Gasteiger partial charge in [0.2, 0.25) is 0 Å². The molecule has 0 atom stereocenters. The van der Waals surface area contributed by atoms with E-state index in [1.165, 1.54) is 0 Å². The van der Waals surface area contributed by atoms with Crippen molar-refractivity contribution in [3.8, 4) is 0 Å². The van der Waals surface area contributed by atoms with E-state index in [1.54, 1.807) is 11.0 Å². The Morgan fingerprint density at radius 1 is 1.00 bits per heavy atom. The summed E-state index contributed by atoms with van der Waals surface area (Å²) in [6.45, 7) is 6.58. The topological polar surface area (TPSA) is 103 Å². The number of nitrogens with zero attached hydrogens (tertiary/aromatic N) is 1. The minimum absolute atomic E-state index is 0.221. The molecule has 8 heteroatoms. The summed E-state index contributed by atoms with van der Waals surface area (Å²) in [7, 11) is 0. The molecule has 4 N–H and O–H groups in total.